The molecule has 0 heterocycles. The fourth-order valence-corrected chi connectivity index (χ4v) is 2.55. The van der Waals surface area contributed by atoms with Crippen LogP contribution in [0.1, 0.15) is 41.5 Å². The summed E-state index contributed by atoms with van der Waals surface area (Å²) in [6, 6.07) is 0. The summed E-state index contributed by atoms with van der Waals surface area (Å²) in [5.74, 6) is 0. The predicted molar refractivity (Wildman–Crippen MR) is 66.1 cm³/mol. The van der Waals surface area contributed by atoms with Crippen LogP contribution in [-0.2, 0) is 22.7 Å². The van der Waals surface area contributed by atoms with E-state index in [0.29, 0.717) is 0 Å². The summed E-state index contributed by atoms with van der Waals surface area (Å²) in [5.41, 5.74) is 0. The Morgan fingerprint density at radius 3 is 1.18 bits per heavy atom. The molecule has 0 aliphatic carbocycles. The van der Waals surface area contributed by atoms with Crippen LogP contribution in [0, 0.1) is 0 Å². The molecule has 0 spiro atoms. The van der Waals surface area contributed by atoms with Crippen molar-refractivity contribution >= 4 is 16.5 Å². The molecule has 0 aromatic rings. The molecule has 0 aliphatic heterocycles. The summed E-state index contributed by atoms with van der Waals surface area (Å²) < 4.78 is 35.9. The van der Waals surface area contributed by atoms with Gasteiger partial charge in [-0.3, -0.25) is 13.6 Å². The summed E-state index contributed by atoms with van der Waals surface area (Å²) in [6.45, 7) is 10.8. The van der Waals surface area contributed by atoms with E-state index in [1.165, 1.54) is 0 Å². The van der Waals surface area contributed by atoms with Crippen LogP contribution >= 0.6 is 16.5 Å². The molecule has 0 aliphatic rings. The average molecular weight is 288 g/mol. The Kier molecular flexibility index (Phi) is 11.6. The lowest BCUT2D eigenvalue weighted by molar-refractivity contribution is 0.0561. The van der Waals surface area contributed by atoms with E-state index in [4.69, 9.17) is 23.0 Å². The predicted octanol–water partition coefficient (Wildman–Crippen LogP) is 3.55. The van der Waals surface area contributed by atoms with Gasteiger partial charge in [0.2, 0.25) is 0 Å². The van der Waals surface area contributed by atoms with Crippen molar-refractivity contribution in [3.63, 3.8) is 0 Å². The number of hydrogen-bond acceptors (Lipinski definition) is 5. The molecule has 6 nitrogen and oxygen atoms in total. The van der Waals surface area contributed by atoms with Crippen LogP contribution in [0.4, 0.5) is 0 Å². The topological polar surface area (TPSA) is 82.1 Å². The fraction of sp³-hybridized carbons (Fsp3) is 1.00. The monoisotopic (exact) mass is 288 g/mol. The van der Waals surface area contributed by atoms with Crippen molar-refractivity contribution < 1.29 is 27.6 Å². The number of hydrogen-bond donors (Lipinski definition) is 1. The molecule has 0 radical (unpaired) electrons. The van der Waals surface area contributed by atoms with Gasteiger partial charge in [0.25, 0.3) is 0 Å². The van der Waals surface area contributed by atoms with Crippen molar-refractivity contribution in [3.05, 3.63) is 0 Å². The highest BCUT2D eigenvalue weighted by atomic mass is 31.2. The molecule has 0 fully saturated rings. The Hall–Kier alpha value is 0.170. The molecule has 104 valence electrons. The van der Waals surface area contributed by atoms with Crippen molar-refractivity contribution in [2.24, 2.45) is 0 Å². The normalized spacial score (nSPS) is 12.1. The molecule has 1 N–H and O–H groups in total. The van der Waals surface area contributed by atoms with Gasteiger partial charge >= 0.3 is 16.5 Å². The maximum Gasteiger partial charge on any atom is 0.475 e. The number of phosphoric acid groups is 1. The molecule has 0 bridgehead atoms. The SMILES string of the molecule is CC(C)OP(=O)(OC(C)C)OC(C)C.O=PO. The molecule has 0 saturated carbocycles. The van der Waals surface area contributed by atoms with Gasteiger partial charge < -0.3 is 4.89 Å². The maximum atomic E-state index is 12.0. The van der Waals surface area contributed by atoms with Gasteiger partial charge in [-0.2, -0.15) is 0 Å². The lowest BCUT2D eigenvalue weighted by atomic mass is 10.5. The lowest BCUT2D eigenvalue weighted by Gasteiger charge is -2.23. The Morgan fingerprint density at radius 2 is 1.06 bits per heavy atom. The van der Waals surface area contributed by atoms with Gasteiger partial charge in [0.1, 0.15) is 0 Å². The summed E-state index contributed by atoms with van der Waals surface area (Å²) in [5, 5.41) is 0. The van der Waals surface area contributed by atoms with E-state index < -0.39 is 16.5 Å². The highest BCUT2D eigenvalue weighted by Gasteiger charge is 2.30. The average Bonchev–Trinajstić information content (AvgIpc) is 1.97. The Bertz CT molecular complexity index is 208. The van der Waals surface area contributed by atoms with Crippen molar-refractivity contribution in [1.82, 2.24) is 0 Å². The zero-order valence-corrected chi connectivity index (χ0v) is 12.9. The van der Waals surface area contributed by atoms with Crippen LogP contribution in [0.3, 0.4) is 0 Å². The van der Waals surface area contributed by atoms with Gasteiger partial charge in [0.15, 0.2) is 0 Å². The second kappa shape index (κ2) is 10.1. The van der Waals surface area contributed by atoms with E-state index in [0.717, 1.165) is 0 Å². The molecule has 17 heavy (non-hydrogen) atoms. The molecule has 0 unspecified atom stereocenters. The zero-order valence-electron chi connectivity index (χ0n) is 11.1. The quantitative estimate of drug-likeness (QED) is 0.752. The lowest BCUT2D eigenvalue weighted by Crippen LogP contribution is -2.12. The zero-order chi connectivity index (χ0) is 14.1. The highest BCUT2D eigenvalue weighted by molar-refractivity contribution is 7.48. The molecule has 8 heteroatoms. The van der Waals surface area contributed by atoms with E-state index in [-0.39, 0.29) is 18.3 Å². The van der Waals surface area contributed by atoms with Crippen LogP contribution < -0.4 is 0 Å². The van der Waals surface area contributed by atoms with Crippen LogP contribution in [-0.4, -0.2) is 23.2 Å². The molecule has 0 aromatic heterocycles. The fourth-order valence-electron chi connectivity index (χ4n) is 0.849. The summed E-state index contributed by atoms with van der Waals surface area (Å²) in [7, 11) is -4.22. The van der Waals surface area contributed by atoms with E-state index in [1.54, 1.807) is 41.5 Å². The molecule has 0 amide bonds. The van der Waals surface area contributed by atoms with Crippen LogP contribution in [0.5, 0.6) is 0 Å². The van der Waals surface area contributed by atoms with E-state index >= 15 is 0 Å². The first-order valence-corrected chi connectivity index (χ1v) is 7.51. The van der Waals surface area contributed by atoms with Crippen molar-refractivity contribution in [3.8, 4) is 0 Å². The van der Waals surface area contributed by atoms with Gasteiger partial charge in [-0.05, 0) is 41.5 Å². The Balaban J connectivity index is 0. The van der Waals surface area contributed by atoms with E-state index in [1.807, 2.05) is 0 Å². The smallest absolute Gasteiger partial charge is 0.310 e. The van der Waals surface area contributed by atoms with Crippen molar-refractivity contribution in [1.29, 1.82) is 0 Å². The maximum absolute atomic E-state index is 12.0. The third-order valence-electron chi connectivity index (χ3n) is 1.02. The minimum Gasteiger partial charge on any atom is -0.310 e. The molecule has 0 aromatic carbocycles. The molecule has 0 rings (SSSR count). The van der Waals surface area contributed by atoms with Gasteiger partial charge in [0.05, 0.1) is 18.3 Å². The van der Waals surface area contributed by atoms with E-state index in [9.17, 15) is 4.57 Å². The number of phosphoric ester groups is 1. The minimum atomic E-state index is -3.39. The van der Waals surface area contributed by atoms with Crippen LogP contribution in [0.25, 0.3) is 0 Å². The Morgan fingerprint density at radius 1 is 0.882 bits per heavy atom. The van der Waals surface area contributed by atoms with E-state index in [2.05, 4.69) is 0 Å². The molecular formula is C9H22O6P2. The first kappa shape index (κ1) is 19.5. The van der Waals surface area contributed by atoms with Crippen molar-refractivity contribution in [2.45, 2.75) is 59.9 Å². The van der Waals surface area contributed by atoms with Gasteiger partial charge in [-0.1, -0.05) is 0 Å². The van der Waals surface area contributed by atoms with Gasteiger partial charge in [0, 0.05) is 0 Å². The van der Waals surface area contributed by atoms with Crippen LogP contribution in [0.2, 0.25) is 0 Å². The highest BCUT2D eigenvalue weighted by Crippen LogP contribution is 2.52. The third-order valence-corrected chi connectivity index (χ3v) is 3.06. The van der Waals surface area contributed by atoms with Crippen molar-refractivity contribution in [2.75, 3.05) is 0 Å². The summed E-state index contributed by atoms with van der Waals surface area (Å²) >= 11 is 0. The van der Waals surface area contributed by atoms with Crippen LogP contribution in [0.15, 0.2) is 0 Å². The standard InChI is InChI=1S/C9H21O4P.HO2P/c1-7(2)11-14(10,12-8(3)4)13-9(5)6;1-3-2/h7-9H,1-6H3;(H,1,2). The minimum absolute atomic E-state index is 0.182. The van der Waals surface area contributed by atoms with Gasteiger partial charge in [-0.25, -0.2) is 9.13 Å². The molecular weight excluding hydrogens is 266 g/mol. The summed E-state index contributed by atoms with van der Waals surface area (Å²) in [4.78, 5) is 6.99. The first-order chi connectivity index (χ1) is 7.66. The third kappa shape index (κ3) is 14.1. The molecule has 0 atom stereocenters. The number of rotatable bonds is 6. The Labute approximate surface area is 105 Å². The summed E-state index contributed by atoms with van der Waals surface area (Å²) in [6.07, 6.45) is -0.546. The first-order valence-electron chi connectivity index (χ1n) is 5.28. The van der Waals surface area contributed by atoms with Gasteiger partial charge in [-0.15, -0.1) is 0 Å². The second-order valence-electron chi connectivity index (χ2n) is 3.99. The second-order valence-corrected chi connectivity index (χ2v) is 5.68. The molecule has 0 saturated heterocycles. The largest absolute Gasteiger partial charge is 0.475 e.